The maximum atomic E-state index is 11.1. The molecule has 3 aliphatic rings. The number of aliphatic hydroxyl groups excluding tert-OH is 5. The van der Waals surface area contributed by atoms with Crippen molar-refractivity contribution in [3.05, 3.63) is 59.7 Å². The van der Waals surface area contributed by atoms with Crippen LogP contribution in [0.25, 0.3) is 11.1 Å². The molecule has 1 saturated heterocycles. The monoisotopic (exact) mass is 640 g/mol. The van der Waals surface area contributed by atoms with E-state index < -0.39 is 37.4 Å². The van der Waals surface area contributed by atoms with Crippen LogP contribution < -0.4 is 21.4 Å². The Bertz CT molecular complexity index is 1220. The van der Waals surface area contributed by atoms with Gasteiger partial charge in [0.15, 0.2) is 6.35 Å². The summed E-state index contributed by atoms with van der Waals surface area (Å²) in [6.07, 6.45) is 1.77. The molecule has 9 N–H and O–H groups in total. The summed E-state index contributed by atoms with van der Waals surface area (Å²) in [5.41, 5.74) is 7.34. The van der Waals surface area contributed by atoms with Gasteiger partial charge in [0.1, 0.15) is 12.5 Å². The van der Waals surface area contributed by atoms with Gasteiger partial charge in [0, 0.05) is 31.3 Å². The zero-order valence-electron chi connectivity index (χ0n) is 26.9. The number of nitrogens with zero attached hydrogens (tertiary/aromatic N) is 2. The summed E-state index contributed by atoms with van der Waals surface area (Å²) in [5.74, 6) is 0.669. The molecule has 2 aliphatic carbocycles. The summed E-state index contributed by atoms with van der Waals surface area (Å²) in [5, 5.41) is 66.3. The minimum absolute atomic E-state index is 0.0264. The van der Waals surface area contributed by atoms with Crippen molar-refractivity contribution in [1.29, 1.82) is 0 Å². The zero-order valence-corrected chi connectivity index (χ0v) is 26.9. The Morgan fingerprint density at radius 1 is 0.957 bits per heavy atom. The molecule has 12 nitrogen and oxygen atoms in total. The first-order valence-electron chi connectivity index (χ1n) is 16.7. The molecule has 1 aliphatic heterocycles. The van der Waals surface area contributed by atoms with Crippen LogP contribution in [0.4, 0.5) is 0 Å². The van der Waals surface area contributed by atoms with E-state index in [1.165, 1.54) is 11.1 Å². The molecule has 2 aromatic rings. The first kappa shape index (κ1) is 34.8. The predicted octanol–water partition coefficient (Wildman–Crippen LogP) is 0.998. The molecule has 0 spiro atoms. The number of nitrogens with one attached hydrogen (secondary N) is 4. The highest BCUT2D eigenvalue weighted by molar-refractivity contribution is 5.78. The van der Waals surface area contributed by atoms with E-state index in [9.17, 15) is 25.5 Å². The van der Waals surface area contributed by atoms with Gasteiger partial charge in [-0.2, -0.15) is 5.10 Å². The largest absolute Gasteiger partial charge is 0.392 e. The van der Waals surface area contributed by atoms with E-state index in [0.29, 0.717) is 18.9 Å². The van der Waals surface area contributed by atoms with Gasteiger partial charge in [0.25, 0.3) is 0 Å². The number of aliphatic hydroxyl groups is 5. The summed E-state index contributed by atoms with van der Waals surface area (Å²) < 4.78 is 6.01. The van der Waals surface area contributed by atoms with Gasteiger partial charge in [0.05, 0.1) is 18.8 Å². The summed E-state index contributed by atoms with van der Waals surface area (Å²) >= 11 is 0. The van der Waals surface area contributed by atoms with Crippen LogP contribution >= 0.6 is 0 Å². The number of hydrogen-bond acceptors (Lipinski definition) is 12. The molecule has 1 saturated carbocycles. The number of fused-ring (bicyclic) bond motifs is 3. The van der Waals surface area contributed by atoms with Crippen LogP contribution in [0.15, 0.2) is 53.6 Å². The molecule has 0 amide bonds. The van der Waals surface area contributed by atoms with Crippen molar-refractivity contribution in [2.45, 2.75) is 94.8 Å². The Morgan fingerprint density at radius 2 is 1.61 bits per heavy atom. The third-order valence-electron chi connectivity index (χ3n) is 9.89. The number of hydrazone groups is 1. The van der Waals surface area contributed by atoms with Crippen LogP contribution in [0.2, 0.25) is 0 Å². The second-order valence-electron chi connectivity index (χ2n) is 12.9. The normalized spacial score (nSPS) is 26.8. The predicted molar refractivity (Wildman–Crippen MR) is 176 cm³/mol. The van der Waals surface area contributed by atoms with Gasteiger partial charge >= 0.3 is 0 Å². The van der Waals surface area contributed by atoms with Crippen LogP contribution in [0, 0.1) is 11.8 Å². The third kappa shape index (κ3) is 8.50. The first-order chi connectivity index (χ1) is 22.3. The lowest BCUT2D eigenvalue weighted by Crippen LogP contribution is -2.54. The van der Waals surface area contributed by atoms with Crippen molar-refractivity contribution >= 4 is 6.21 Å². The van der Waals surface area contributed by atoms with Crippen LogP contribution in [-0.4, -0.2) is 107 Å². The molecule has 0 bridgehead atoms. The molecule has 254 valence electrons. The summed E-state index contributed by atoms with van der Waals surface area (Å²) in [6, 6.07) is 15.5. The van der Waals surface area contributed by atoms with Gasteiger partial charge in [0.2, 0.25) is 6.41 Å². The van der Waals surface area contributed by atoms with Crippen molar-refractivity contribution in [1.82, 2.24) is 26.3 Å². The van der Waals surface area contributed by atoms with Crippen LogP contribution in [0.3, 0.4) is 0 Å². The lowest BCUT2D eigenvalue weighted by molar-refractivity contribution is -0.209. The number of likely N-dealkylation sites (tertiary alicyclic amines) is 1. The van der Waals surface area contributed by atoms with Crippen LogP contribution in [-0.2, 0) is 4.74 Å². The standard InChI is InChI=1S/C34H52N6O6/c1-3-23(18-37-39-33(44)36-17-21-12-14-22(15-13-21)31(42)35-2)38-32(43)30-16-24(41)19-40(30)34(45)46-20-29-27-10-6-4-8-25(27)26-9-5-7-11-28(26)29/h4-11,18,21-24,29-36,38-39,41-45H,3,12-17,19-20H2,1-2H3/b37-18+/t21?,22?,23-,24-,30-,31?,32?,33?,34?/m0/s1. The quantitative estimate of drug-likeness (QED) is 0.0728. The highest BCUT2D eigenvalue weighted by Crippen LogP contribution is 2.44. The van der Waals surface area contributed by atoms with Gasteiger partial charge in [-0.3, -0.25) is 21.4 Å². The second-order valence-corrected chi connectivity index (χ2v) is 12.9. The van der Waals surface area contributed by atoms with E-state index in [2.05, 4.69) is 50.7 Å². The van der Waals surface area contributed by atoms with E-state index in [4.69, 9.17) is 4.74 Å². The molecule has 0 radical (unpaired) electrons. The SMILES string of the molecule is CC[C@@H](/C=N/NC(O)NCC1CCC(C(O)NC)CC1)NC(O)[C@@H]1C[C@H](O)CN1C(O)OCC1c2ccccc2-c2ccccc21. The zero-order chi connectivity index (χ0) is 32.6. The molecular formula is C34H52N6O6. The van der Waals surface area contributed by atoms with Crippen LogP contribution in [0.1, 0.15) is 62.5 Å². The van der Waals surface area contributed by atoms with Crippen molar-refractivity contribution < 1.29 is 30.3 Å². The fourth-order valence-corrected chi connectivity index (χ4v) is 7.22. The van der Waals surface area contributed by atoms with Crippen molar-refractivity contribution in [3.8, 4) is 11.1 Å². The Balaban J connectivity index is 1.08. The van der Waals surface area contributed by atoms with Crippen molar-refractivity contribution in [2.75, 3.05) is 26.7 Å². The Hall–Kier alpha value is -2.49. The van der Waals surface area contributed by atoms with Gasteiger partial charge in [-0.05, 0) is 79.7 Å². The average molecular weight is 641 g/mol. The molecule has 2 aromatic carbocycles. The Labute approximate surface area is 271 Å². The summed E-state index contributed by atoms with van der Waals surface area (Å²) in [6.45, 7) is 3.02. The Kier molecular flexibility index (Phi) is 12.5. The number of β-amino-alcohol motifs (C(OH)–C–C–N with tert-alkyl or cyclic N) is 1. The van der Waals surface area contributed by atoms with E-state index in [-0.39, 0.29) is 37.5 Å². The average Bonchev–Trinajstić information content (AvgIpc) is 3.63. The van der Waals surface area contributed by atoms with Crippen molar-refractivity contribution in [3.63, 3.8) is 0 Å². The maximum Gasteiger partial charge on any atom is 0.216 e. The number of ether oxygens (including phenoxy) is 1. The summed E-state index contributed by atoms with van der Waals surface area (Å²) in [4.78, 5) is 1.60. The smallest absolute Gasteiger partial charge is 0.216 e. The first-order valence-corrected chi connectivity index (χ1v) is 16.7. The van der Waals surface area contributed by atoms with E-state index in [1.54, 1.807) is 18.2 Å². The molecule has 12 heteroatoms. The molecule has 2 fully saturated rings. The van der Waals surface area contributed by atoms with Crippen molar-refractivity contribution in [2.24, 2.45) is 16.9 Å². The topological polar surface area (TPSA) is 174 Å². The number of hydrogen-bond donors (Lipinski definition) is 9. The second kappa shape index (κ2) is 16.6. The number of rotatable bonds is 16. The van der Waals surface area contributed by atoms with Gasteiger partial charge < -0.3 is 30.3 Å². The fraction of sp³-hybridized carbons (Fsp3) is 0.618. The highest BCUT2D eigenvalue weighted by atomic mass is 16.6. The minimum Gasteiger partial charge on any atom is -0.392 e. The third-order valence-corrected chi connectivity index (χ3v) is 9.89. The molecular weight excluding hydrogens is 588 g/mol. The summed E-state index contributed by atoms with van der Waals surface area (Å²) in [7, 11) is 1.77. The molecule has 5 rings (SSSR count). The molecule has 1 heterocycles. The highest BCUT2D eigenvalue weighted by Gasteiger charge is 2.41. The fourth-order valence-electron chi connectivity index (χ4n) is 7.22. The Morgan fingerprint density at radius 3 is 2.24 bits per heavy atom. The molecule has 46 heavy (non-hydrogen) atoms. The minimum atomic E-state index is -1.31. The molecule has 4 unspecified atom stereocenters. The van der Waals surface area contributed by atoms with E-state index >= 15 is 0 Å². The van der Waals surface area contributed by atoms with Gasteiger partial charge in [-0.15, -0.1) is 0 Å². The molecule has 0 aromatic heterocycles. The van der Waals surface area contributed by atoms with Crippen LogP contribution in [0.5, 0.6) is 0 Å². The van der Waals surface area contributed by atoms with Gasteiger partial charge in [-0.1, -0.05) is 55.5 Å². The van der Waals surface area contributed by atoms with E-state index in [0.717, 1.165) is 36.8 Å². The lowest BCUT2D eigenvalue weighted by atomic mass is 9.81. The lowest BCUT2D eigenvalue weighted by Gasteiger charge is -2.33. The van der Waals surface area contributed by atoms with Gasteiger partial charge in [-0.25, -0.2) is 4.90 Å². The number of benzene rings is 2. The molecule has 7 atom stereocenters. The van der Waals surface area contributed by atoms with E-state index in [1.807, 2.05) is 31.2 Å². The maximum absolute atomic E-state index is 11.1.